The number of allylic oxidation sites excluding steroid dienone is 8. The van der Waals surface area contributed by atoms with Crippen LogP contribution < -0.4 is 0 Å². The molecule has 9 heteroatoms. The van der Waals surface area contributed by atoms with Crippen molar-refractivity contribution in [3.8, 4) is 0 Å². The van der Waals surface area contributed by atoms with E-state index in [1.807, 2.05) is 0 Å². The zero-order valence-electron chi connectivity index (χ0n) is 45.3. The molecular weight excluding hydrogens is 1030 g/mol. The SMILES string of the molecule is CCCCC/C=C\C/C=C\CCCCCCCCCC[C@@H](O)COCCCCCCCC.CCCCC/C=C\C/C=C\CCCCCCCCC[C@H]1CO1.CCCCCCCCO.[Cl][Sn]([Cl])([Cl])[Cl]. The van der Waals surface area contributed by atoms with Gasteiger partial charge in [-0.15, -0.1) is 0 Å². The molecule has 0 unspecified atom stereocenters. The molecule has 1 aliphatic rings. The number of unbranched alkanes of at least 4 members (excludes halogenated alkanes) is 31. The molecule has 0 aromatic heterocycles. The molecule has 406 valence electrons. The van der Waals surface area contributed by atoms with Crippen LogP contribution in [-0.4, -0.2) is 62.7 Å². The van der Waals surface area contributed by atoms with Crippen molar-refractivity contribution in [3.05, 3.63) is 48.6 Å². The standard InChI is InChI=1S/C30H58O2.C21H38O.C8H18O.4ClH.Sn/c1-3-5-7-9-11-12-13-14-15-16-17-18-19-20-21-22-23-25-27-30(31)29-32-28-26-24-10-8-6-4-2;1-2-3-4-5-6-7-8-9-10-11-12-13-14-15-16-17-18-19-21-20-22-21;1-2-3-4-5-6-7-8-9;;;;;/h11-12,14-15,30-31H,3-10,13,16-29H2,1-2H3;6-7,9-10,21H,2-5,8,11-20H2,1H3;9H,2-8H2,1H3;4*1H;/q;;;;;;;+4/p-4/b12-11-,15-14-;7-6-,10-9-;;;;;;/t30-;21-;;;;;;/m10....../s1. The van der Waals surface area contributed by atoms with Gasteiger partial charge >= 0.3 is 49.6 Å². The quantitative estimate of drug-likeness (QED) is 0.0276. The first kappa shape index (κ1) is 73.0. The third-order valence-electron chi connectivity index (χ3n) is 12.1. The van der Waals surface area contributed by atoms with E-state index in [-0.39, 0.29) is 6.10 Å². The van der Waals surface area contributed by atoms with Gasteiger partial charge in [-0.25, -0.2) is 0 Å². The molecule has 1 fully saturated rings. The summed E-state index contributed by atoms with van der Waals surface area (Å²) < 4.78 is 10.9. The normalized spacial score (nSPS) is 14.1. The zero-order valence-corrected chi connectivity index (χ0v) is 51.2. The summed E-state index contributed by atoms with van der Waals surface area (Å²) in [5.41, 5.74) is 0. The van der Waals surface area contributed by atoms with Gasteiger partial charge in [0.15, 0.2) is 0 Å². The Morgan fingerprint density at radius 1 is 0.456 bits per heavy atom. The zero-order chi connectivity index (χ0) is 50.5. The molecule has 0 amide bonds. The summed E-state index contributed by atoms with van der Waals surface area (Å²) in [5, 5.41) is 18.4. The van der Waals surface area contributed by atoms with Crippen LogP contribution in [0.25, 0.3) is 0 Å². The number of hydrogen-bond acceptors (Lipinski definition) is 4. The first-order chi connectivity index (χ1) is 33.2. The van der Waals surface area contributed by atoms with E-state index in [0.717, 1.165) is 51.7 Å². The van der Waals surface area contributed by atoms with E-state index in [1.54, 1.807) is 0 Å². The molecule has 2 N–H and O–H groups in total. The van der Waals surface area contributed by atoms with Gasteiger partial charge in [0.05, 0.1) is 25.4 Å². The van der Waals surface area contributed by atoms with Gasteiger partial charge in [-0.05, 0) is 89.9 Å². The molecule has 0 aromatic rings. The second-order valence-electron chi connectivity index (χ2n) is 19.2. The van der Waals surface area contributed by atoms with Crippen LogP contribution in [0.15, 0.2) is 48.6 Å². The molecule has 1 saturated heterocycles. The number of ether oxygens (including phenoxy) is 2. The molecule has 1 heterocycles. The van der Waals surface area contributed by atoms with E-state index in [4.69, 9.17) is 50.3 Å². The van der Waals surface area contributed by atoms with Gasteiger partial charge in [0, 0.05) is 13.2 Å². The minimum atomic E-state index is -3.29. The number of rotatable bonds is 48. The van der Waals surface area contributed by atoms with Crippen LogP contribution in [0.4, 0.5) is 0 Å². The fourth-order valence-corrected chi connectivity index (χ4v) is 7.67. The first-order valence-electron chi connectivity index (χ1n) is 29.0. The van der Waals surface area contributed by atoms with Gasteiger partial charge in [0.2, 0.25) is 0 Å². The van der Waals surface area contributed by atoms with Crippen molar-refractivity contribution < 1.29 is 19.7 Å². The van der Waals surface area contributed by atoms with E-state index in [2.05, 4.69) is 76.3 Å². The van der Waals surface area contributed by atoms with Crippen molar-refractivity contribution in [2.45, 2.75) is 303 Å². The Bertz CT molecular complexity index is 1010. The van der Waals surface area contributed by atoms with E-state index < -0.39 is 13.9 Å². The molecule has 0 spiro atoms. The van der Waals surface area contributed by atoms with Gasteiger partial charge in [-0.3, -0.25) is 0 Å². The van der Waals surface area contributed by atoms with E-state index in [1.165, 1.54) is 225 Å². The summed E-state index contributed by atoms with van der Waals surface area (Å²) >= 11 is -3.29. The second-order valence-corrected chi connectivity index (χ2v) is 44.6. The van der Waals surface area contributed by atoms with Gasteiger partial charge < -0.3 is 19.7 Å². The Balaban J connectivity index is -0.000001000. The molecule has 0 bridgehead atoms. The Hall–Kier alpha value is 0.759. The van der Waals surface area contributed by atoms with Crippen LogP contribution in [-0.2, 0) is 9.47 Å². The molecule has 2 atom stereocenters. The van der Waals surface area contributed by atoms with Gasteiger partial charge in [-0.1, -0.05) is 250 Å². The average Bonchev–Trinajstić information content (AvgIpc) is 4.15. The third-order valence-corrected chi connectivity index (χ3v) is 12.1. The first-order valence-corrected chi connectivity index (χ1v) is 43.4. The van der Waals surface area contributed by atoms with Gasteiger partial charge in [-0.2, -0.15) is 0 Å². The molecule has 1 rings (SSSR count). The number of aliphatic hydroxyl groups is 2. The Morgan fingerprint density at radius 2 is 0.765 bits per heavy atom. The Morgan fingerprint density at radius 3 is 1.15 bits per heavy atom. The monoisotopic (exact) mass is 1150 g/mol. The number of halogens is 4. The molecule has 0 aromatic carbocycles. The molecule has 0 saturated carbocycles. The van der Waals surface area contributed by atoms with Crippen LogP contribution in [0.1, 0.15) is 291 Å². The maximum absolute atomic E-state index is 10.0. The molecule has 4 nitrogen and oxygen atoms in total. The molecule has 0 radical (unpaired) electrons. The van der Waals surface area contributed by atoms with Crippen molar-refractivity contribution in [1.29, 1.82) is 0 Å². The predicted octanol–water partition coefficient (Wildman–Crippen LogP) is 21.4. The number of aliphatic hydroxyl groups excluding tert-OH is 2. The predicted molar refractivity (Wildman–Crippen MR) is 311 cm³/mol. The van der Waals surface area contributed by atoms with Crippen LogP contribution in [0.2, 0.25) is 0 Å². The van der Waals surface area contributed by atoms with Gasteiger partial charge in [0.25, 0.3) is 0 Å². The van der Waals surface area contributed by atoms with Crippen molar-refractivity contribution in [2.75, 3.05) is 26.4 Å². The molecular formula is C59H114Cl4O4Sn. The molecule has 68 heavy (non-hydrogen) atoms. The number of hydrogen-bond donors (Lipinski definition) is 2. The Labute approximate surface area is 444 Å². The fraction of sp³-hybridized carbons (Fsp3) is 0.864. The van der Waals surface area contributed by atoms with Crippen molar-refractivity contribution in [1.82, 2.24) is 0 Å². The molecule has 0 aliphatic carbocycles. The van der Waals surface area contributed by atoms with Crippen molar-refractivity contribution in [3.63, 3.8) is 0 Å². The van der Waals surface area contributed by atoms with Crippen LogP contribution in [0, 0.1) is 0 Å². The second kappa shape index (κ2) is 65.8. The minimum absolute atomic E-state index is 0.264. The number of epoxide rings is 1. The average molecular weight is 1150 g/mol. The molecule has 1 aliphatic heterocycles. The summed E-state index contributed by atoms with van der Waals surface area (Å²) in [4.78, 5) is 0. The Kier molecular flexibility index (Phi) is 70.6. The fourth-order valence-electron chi connectivity index (χ4n) is 7.67. The van der Waals surface area contributed by atoms with Crippen LogP contribution >= 0.6 is 35.7 Å². The summed E-state index contributed by atoms with van der Waals surface area (Å²) in [6.45, 7) is 11.7. The van der Waals surface area contributed by atoms with Crippen LogP contribution in [0.3, 0.4) is 0 Å². The topological polar surface area (TPSA) is 62.2 Å². The van der Waals surface area contributed by atoms with E-state index >= 15 is 0 Å². The third kappa shape index (κ3) is 83.6. The summed E-state index contributed by atoms with van der Waals surface area (Å²) in [6.07, 6.45) is 72.1. The maximum atomic E-state index is 10.0. The van der Waals surface area contributed by atoms with Crippen molar-refractivity contribution in [2.24, 2.45) is 0 Å². The summed E-state index contributed by atoms with van der Waals surface area (Å²) in [6, 6.07) is 0. The van der Waals surface area contributed by atoms with E-state index in [9.17, 15) is 5.11 Å². The van der Waals surface area contributed by atoms with E-state index in [0.29, 0.717) is 19.3 Å². The van der Waals surface area contributed by atoms with Crippen LogP contribution in [0.5, 0.6) is 0 Å². The summed E-state index contributed by atoms with van der Waals surface area (Å²) in [7, 11) is 20.1. The van der Waals surface area contributed by atoms with Gasteiger partial charge in [0.1, 0.15) is 0 Å². The summed E-state index contributed by atoms with van der Waals surface area (Å²) in [5.74, 6) is 0. The van der Waals surface area contributed by atoms with Crippen molar-refractivity contribution >= 4 is 49.6 Å².